The van der Waals surface area contributed by atoms with Crippen molar-refractivity contribution in [3.8, 4) is 16.8 Å². The highest BCUT2D eigenvalue weighted by Gasteiger charge is 2.73. The number of hydrogen-bond donors (Lipinski definition) is 0. The standard InChI is InChI=1S/C26H15Cl3F7N5O2/c1-37-23(4-5-23)41(21(42)12-2-3-12)22(43)16-6-13(9-38-20(16)29)14-10-39-40(11-14)19-17(27)7-15(8-18(19)28)24(30,25(31,32)33)26(34,35)36/h6-12H,2-5H2. The lowest BCUT2D eigenvalue weighted by Gasteiger charge is -2.30. The van der Waals surface area contributed by atoms with Gasteiger partial charge in [-0.25, -0.2) is 25.5 Å². The Labute approximate surface area is 252 Å². The minimum Gasteiger partial charge on any atom is -0.286 e. The summed E-state index contributed by atoms with van der Waals surface area (Å²) in [5.74, 6) is -1.66. The van der Waals surface area contributed by atoms with Crippen LogP contribution in [-0.4, -0.2) is 49.5 Å². The highest BCUT2D eigenvalue weighted by molar-refractivity contribution is 6.38. The predicted octanol–water partition coefficient (Wildman–Crippen LogP) is 7.97. The molecule has 0 bridgehead atoms. The number of carbonyl (C=O) groups is 2. The summed E-state index contributed by atoms with van der Waals surface area (Å²) in [6.07, 6.45) is -7.28. The second-order valence-electron chi connectivity index (χ2n) is 10.0. The van der Waals surface area contributed by atoms with E-state index in [1.807, 2.05) is 0 Å². The van der Waals surface area contributed by atoms with Gasteiger partial charge in [-0.2, -0.15) is 31.4 Å². The van der Waals surface area contributed by atoms with E-state index in [0.717, 1.165) is 9.58 Å². The Morgan fingerprint density at radius 3 is 2.02 bits per heavy atom. The fourth-order valence-corrected chi connectivity index (χ4v) is 5.29. The van der Waals surface area contributed by atoms with E-state index in [0.29, 0.717) is 25.7 Å². The van der Waals surface area contributed by atoms with Crippen molar-refractivity contribution in [1.82, 2.24) is 19.7 Å². The molecular weight excluding hydrogens is 654 g/mol. The zero-order chi connectivity index (χ0) is 31.7. The molecule has 1 aromatic carbocycles. The number of pyridine rings is 1. The molecule has 3 aromatic rings. The highest BCUT2D eigenvalue weighted by atomic mass is 35.5. The van der Waals surface area contributed by atoms with Crippen molar-refractivity contribution in [2.45, 2.75) is 49.4 Å². The number of aromatic nitrogens is 3. The van der Waals surface area contributed by atoms with Crippen LogP contribution in [0.15, 0.2) is 36.8 Å². The van der Waals surface area contributed by atoms with Gasteiger partial charge >= 0.3 is 23.7 Å². The summed E-state index contributed by atoms with van der Waals surface area (Å²) in [6.45, 7) is 7.53. The molecule has 17 heteroatoms. The number of halogens is 10. The van der Waals surface area contributed by atoms with E-state index >= 15 is 0 Å². The van der Waals surface area contributed by atoms with E-state index < -0.39 is 51.1 Å². The lowest BCUT2D eigenvalue weighted by molar-refractivity contribution is -0.348. The van der Waals surface area contributed by atoms with Crippen molar-refractivity contribution in [3.05, 3.63) is 74.5 Å². The molecule has 0 saturated heterocycles. The molecule has 0 N–H and O–H groups in total. The summed E-state index contributed by atoms with van der Waals surface area (Å²) in [5.41, 5.74) is -9.04. The second-order valence-corrected chi connectivity index (χ2v) is 11.2. The Morgan fingerprint density at radius 2 is 1.53 bits per heavy atom. The van der Waals surface area contributed by atoms with Gasteiger partial charge in [-0.15, -0.1) is 0 Å². The van der Waals surface area contributed by atoms with Crippen molar-refractivity contribution in [3.63, 3.8) is 0 Å². The Morgan fingerprint density at radius 1 is 0.953 bits per heavy atom. The van der Waals surface area contributed by atoms with Gasteiger partial charge in [0.2, 0.25) is 5.91 Å². The van der Waals surface area contributed by atoms with E-state index in [1.54, 1.807) is 0 Å². The van der Waals surface area contributed by atoms with Crippen molar-refractivity contribution >= 4 is 46.6 Å². The van der Waals surface area contributed by atoms with Gasteiger partial charge in [-0.1, -0.05) is 34.8 Å². The quantitative estimate of drug-likeness (QED) is 0.116. The van der Waals surface area contributed by atoms with Gasteiger partial charge in [0.15, 0.2) is 0 Å². The zero-order valence-electron chi connectivity index (χ0n) is 21.2. The first-order chi connectivity index (χ1) is 19.9. The van der Waals surface area contributed by atoms with E-state index in [9.17, 15) is 40.3 Å². The molecule has 2 aliphatic carbocycles. The smallest absolute Gasteiger partial charge is 0.286 e. The van der Waals surface area contributed by atoms with Gasteiger partial charge in [-0.05, 0) is 31.0 Å². The topological polar surface area (TPSA) is 72.5 Å². The van der Waals surface area contributed by atoms with Gasteiger partial charge < -0.3 is 0 Å². The monoisotopic (exact) mass is 667 g/mol. The van der Waals surface area contributed by atoms with Crippen LogP contribution in [0.4, 0.5) is 30.7 Å². The molecule has 0 unspecified atom stereocenters. The molecule has 2 heterocycles. The van der Waals surface area contributed by atoms with E-state index in [2.05, 4.69) is 14.9 Å². The van der Waals surface area contributed by atoms with E-state index in [1.165, 1.54) is 24.7 Å². The number of imide groups is 1. The molecule has 7 nitrogen and oxygen atoms in total. The third kappa shape index (κ3) is 5.21. The van der Waals surface area contributed by atoms with Crippen LogP contribution in [0.2, 0.25) is 15.2 Å². The fourth-order valence-electron chi connectivity index (χ4n) is 4.45. The van der Waals surface area contributed by atoms with Gasteiger partial charge in [0.1, 0.15) is 10.8 Å². The van der Waals surface area contributed by atoms with Crippen LogP contribution in [0.1, 0.15) is 41.6 Å². The predicted molar refractivity (Wildman–Crippen MR) is 139 cm³/mol. The normalized spacial score (nSPS) is 16.5. The van der Waals surface area contributed by atoms with Gasteiger partial charge in [0, 0.05) is 35.0 Å². The van der Waals surface area contributed by atoms with Crippen molar-refractivity contribution in [2.24, 2.45) is 5.92 Å². The van der Waals surface area contributed by atoms with Crippen molar-refractivity contribution in [2.75, 3.05) is 0 Å². The maximum absolute atomic E-state index is 14.6. The Hall–Kier alpha value is -3.41. The Balaban J connectivity index is 1.50. The first kappa shape index (κ1) is 31.0. The number of alkyl halides is 7. The largest absolute Gasteiger partial charge is 0.435 e. The lowest BCUT2D eigenvalue weighted by Crippen LogP contribution is -2.50. The molecule has 2 aromatic heterocycles. The number of hydrogen-bond acceptors (Lipinski definition) is 4. The summed E-state index contributed by atoms with van der Waals surface area (Å²) in [6, 6.07) is 1.60. The number of rotatable bonds is 6. The fraction of sp³-hybridized carbons (Fsp3) is 0.346. The van der Waals surface area contributed by atoms with E-state index in [4.69, 9.17) is 41.4 Å². The maximum atomic E-state index is 14.6. The van der Waals surface area contributed by atoms with Gasteiger partial charge in [0.05, 0.1) is 34.6 Å². The molecule has 2 amide bonds. The maximum Gasteiger partial charge on any atom is 0.435 e. The van der Waals surface area contributed by atoms with Gasteiger partial charge in [0.25, 0.3) is 5.91 Å². The molecular formula is C26H15Cl3F7N5O2. The Bertz CT molecular complexity index is 1650. The number of carbonyl (C=O) groups excluding carboxylic acids is 2. The molecule has 2 aliphatic rings. The number of benzene rings is 1. The summed E-state index contributed by atoms with van der Waals surface area (Å²) >= 11 is 18.2. The first-order valence-electron chi connectivity index (χ1n) is 12.2. The van der Waals surface area contributed by atoms with Crippen LogP contribution in [0.3, 0.4) is 0 Å². The van der Waals surface area contributed by atoms with Crippen LogP contribution < -0.4 is 0 Å². The minimum absolute atomic E-state index is 0.155. The molecule has 0 radical (unpaired) electrons. The Kier molecular flexibility index (Phi) is 7.47. The molecule has 0 atom stereocenters. The zero-order valence-corrected chi connectivity index (χ0v) is 23.5. The van der Waals surface area contributed by atoms with Crippen LogP contribution >= 0.6 is 34.8 Å². The average molecular weight is 669 g/mol. The van der Waals surface area contributed by atoms with Crippen LogP contribution in [0.25, 0.3) is 21.7 Å². The van der Waals surface area contributed by atoms with Gasteiger partial charge in [-0.3, -0.25) is 14.4 Å². The highest BCUT2D eigenvalue weighted by Crippen LogP contribution is 2.54. The van der Waals surface area contributed by atoms with E-state index in [-0.39, 0.29) is 45.6 Å². The molecule has 43 heavy (non-hydrogen) atoms. The second kappa shape index (κ2) is 10.3. The molecule has 0 aliphatic heterocycles. The summed E-state index contributed by atoms with van der Waals surface area (Å²) in [7, 11) is 0. The molecule has 2 fully saturated rings. The lowest BCUT2D eigenvalue weighted by atomic mass is 9.94. The summed E-state index contributed by atoms with van der Waals surface area (Å²) in [5, 5.41) is 2.18. The van der Waals surface area contributed by atoms with Crippen molar-refractivity contribution in [1.29, 1.82) is 0 Å². The SMILES string of the molecule is [C-]#[N+]C1(N(C(=O)c2cc(-c3cnn(-c4c(Cl)cc(C(F)(C(F)(F)F)C(F)(F)F)cc4Cl)c3)cnc2Cl)C(=O)C2CC2)CC1. The summed E-state index contributed by atoms with van der Waals surface area (Å²) < 4.78 is 94.9. The third-order valence-corrected chi connectivity index (χ3v) is 7.96. The number of amides is 2. The van der Waals surface area contributed by atoms with Crippen LogP contribution in [-0.2, 0) is 10.5 Å². The summed E-state index contributed by atoms with van der Waals surface area (Å²) in [4.78, 5) is 34.9. The van der Waals surface area contributed by atoms with Crippen LogP contribution in [0.5, 0.6) is 0 Å². The third-order valence-electron chi connectivity index (χ3n) is 7.08. The average Bonchev–Trinajstić information content (AvgIpc) is 3.85. The molecule has 2 saturated carbocycles. The minimum atomic E-state index is -6.37. The van der Waals surface area contributed by atoms with Crippen LogP contribution in [0, 0.1) is 12.5 Å². The first-order valence-corrected chi connectivity index (χ1v) is 13.4. The molecule has 0 spiro atoms. The number of nitrogens with zero attached hydrogens (tertiary/aromatic N) is 5. The molecule has 226 valence electrons. The van der Waals surface area contributed by atoms with Crippen molar-refractivity contribution < 1.29 is 40.3 Å². The molecule has 5 rings (SSSR count).